The zero-order valence-corrected chi connectivity index (χ0v) is 10.1. The minimum Gasteiger partial charge on any atom is -0.458 e. The van der Waals surface area contributed by atoms with Crippen molar-refractivity contribution in [2.24, 2.45) is 5.73 Å². The lowest BCUT2D eigenvalue weighted by Crippen LogP contribution is -2.14. The fraction of sp³-hybridized carbons (Fsp3) is 0.700. The third kappa shape index (κ3) is 4.92. The summed E-state index contributed by atoms with van der Waals surface area (Å²) in [5.41, 5.74) is 5.53. The van der Waals surface area contributed by atoms with Gasteiger partial charge in [0.15, 0.2) is 5.69 Å². The Morgan fingerprint density at radius 1 is 1.53 bits per heavy atom. The van der Waals surface area contributed by atoms with Crippen LogP contribution in [0.2, 0.25) is 0 Å². The van der Waals surface area contributed by atoms with Crippen molar-refractivity contribution >= 4 is 5.97 Å². The van der Waals surface area contributed by atoms with E-state index in [0.717, 1.165) is 0 Å². The quantitative estimate of drug-likeness (QED) is 0.526. The molecule has 0 aliphatic carbocycles. The van der Waals surface area contributed by atoms with Crippen molar-refractivity contribution in [3.8, 4) is 0 Å². The first-order valence-corrected chi connectivity index (χ1v) is 5.52. The number of hydrogen-bond donors (Lipinski definition) is 1. The van der Waals surface area contributed by atoms with E-state index in [1.807, 2.05) is 13.8 Å². The maximum absolute atomic E-state index is 11.5. The molecule has 96 valence electrons. The van der Waals surface area contributed by atoms with E-state index in [1.54, 1.807) is 0 Å². The summed E-state index contributed by atoms with van der Waals surface area (Å²) in [5, 5.41) is 7.43. The van der Waals surface area contributed by atoms with E-state index < -0.39 is 5.97 Å². The normalized spacial score (nSPS) is 10.8. The molecule has 0 unspecified atom stereocenters. The molecule has 1 aromatic heterocycles. The summed E-state index contributed by atoms with van der Waals surface area (Å²) in [4.78, 5) is 11.5. The highest BCUT2D eigenvalue weighted by Crippen LogP contribution is 1.97. The monoisotopic (exact) mass is 242 g/mol. The number of nitrogens with zero attached hydrogens (tertiary/aromatic N) is 3. The first kappa shape index (κ1) is 13.6. The van der Waals surface area contributed by atoms with Gasteiger partial charge in [-0.15, -0.1) is 5.10 Å². The standard InChI is InChI=1S/C10H18N4O3/c1-8(2)16-5-6-17-10(15)9-7-14(4-3-11)13-12-9/h7-8H,3-6,11H2,1-2H3. The van der Waals surface area contributed by atoms with Gasteiger partial charge in [-0.1, -0.05) is 5.21 Å². The van der Waals surface area contributed by atoms with Crippen LogP contribution in [-0.4, -0.2) is 46.8 Å². The van der Waals surface area contributed by atoms with Gasteiger partial charge in [0.25, 0.3) is 0 Å². The average molecular weight is 242 g/mol. The molecule has 0 aliphatic heterocycles. The molecule has 0 spiro atoms. The van der Waals surface area contributed by atoms with Crippen LogP contribution in [0.5, 0.6) is 0 Å². The molecule has 0 atom stereocenters. The molecule has 0 saturated carbocycles. The molecule has 0 fully saturated rings. The van der Waals surface area contributed by atoms with E-state index in [9.17, 15) is 4.79 Å². The predicted molar refractivity (Wildman–Crippen MR) is 60.4 cm³/mol. The molecule has 1 aromatic rings. The van der Waals surface area contributed by atoms with Crippen LogP contribution in [0.4, 0.5) is 0 Å². The van der Waals surface area contributed by atoms with Crippen molar-refractivity contribution in [1.82, 2.24) is 15.0 Å². The van der Waals surface area contributed by atoms with Gasteiger partial charge < -0.3 is 15.2 Å². The SMILES string of the molecule is CC(C)OCCOC(=O)c1cn(CCN)nn1. The van der Waals surface area contributed by atoms with Gasteiger partial charge in [-0.05, 0) is 13.8 Å². The van der Waals surface area contributed by atoms with Crippen LogP contribution in [0.15, 0.2) is 6.20 Å². The van der Waals surface area contributed by atoms with Gasteiger partial charge in [0.2, 0.25) is 0 Å². The van der Waals surface area contributed by atoms with Crippen LogP contribution >= 0.6 is 0 Å². The Balaban J connectivity index is 2.31. The summed E-state index contributed by atoms with van der Waals surface area (Å²) in [6.07, 6.45) is 1.64. The fourth-order valence-corrected chi connectivity index (χ4v) is 1.13. The fourth-order valence-electron chi connectivity index (χ4n) is 1.13. The van der Waals surface area contributed by atoms with Gasteiger partial charge in [-0.3, -0.25) is 4.68 Å². The van der Waals surface area contributed by atoms with Crippen LogP contribution in [0.3, 0.4) is 0 Å². The van der Waals surface area contributed by atoms with E-state index in [0.29, 0.717) is 19.7 Å². The van der Waals surface area contributed by atoms with Crippen LogP contribution < -0.4 is 5.73 Å². The van der Waals surface area contributed by atoms with E-state index in [4.69, 9.17) is 15.2 Å². The number of ether oxygens (including phenoxy) is 2. The van der Waals surface area contributed by atoms with Crippen molar-refractivity contribution in [3.63, 3.8) is 0 Å². The van der Waals surface area contributed by atoms with Gasteiger partial charge >= 0.3 is 5.97 Å². The molecular weight excluding hydrogens is 224 g/mol. The molecule has 7 heteroatoms. The number of esters is 1. The molecule has 2 N–H and O–H groups in total. The smallest absolute Gasteiger partial charge is 0.360 e. The summed E-state index contributed by atoms with van der Waals surface area (Å²) < 4.78 is 11.7. The molecule has 0 bridgehead atoms. The lowest BCUT2D eigenvalue weighted by molar-refractivity contribution is 0.0172. The van der Waals surface area contributed by atoms with Crippen molar-refractivity contribution < 1.29 is 14.3 Å². The Kier molecular flexibility index (Phi) is 5.58. The first-order valence-electron chi connectivity index (χ1n) is 5.52. The lowest BCUT2D eigenvalue weighted by Gasteiger charge is -2.06. The van der Waals surface area contributed by atoms with E-state index in [2.05, 4.69) is 10.3 Å². The highest BCUT2D eigenvalue weighted by atomic mass is 16.6. The van der Waals surface area contributed by atoms with Crippen LogP contribution in [0.25, 0.3) is 0 Å². The summed E-state index contributed by atoms with van der Waals surface area (Å²) >= 11 is 0. The predicted octanol–water partition coefficient (Wildman–Crippen LogP) is -0.181. The Morgan fingerprint density at radius 3 is 2.94 bits per heavy atom. The number of rotatable bonds is 7. The topological polar surface area (TPSA) is 92.3 Å². The van der Waals surface area contributed by atoms with E-state index in [-0.39, 0.29) is 18.4 Å². The first-order chi connectivity index (χ1) is 8.13. The van der Waals surface area contributed by atoms with Gasteiger partial charge in [0.05, 0.1) is 25.5 Å². The van der Waals surface area contributed by atoms with Gasteiger partial charge in [0, 0.05) is 6.54 Å². The third-order valence-corrected chi connectivity index (χ3v) is 1.87. The summed E-state index contributed by atoms with van der Waals surface area (Å²) in [7, 11) is 0. The summed E-state index contributed by atoms with van der Waals surface area (Å²) in [6.45, 7) is 5.39. The Labute approximate surface area is 99.9 Å². The van der Waals surface area contributed by atoms with E-state index >= 15 is 0 Å². The van der Waals surface area contributed by atoms with Crippen molar-refractivity contribution in [2.75, 3.05) is 19.8 Å². The van der Waals surface area contributed by atoms with Gasteiger partial charge in [-0.2, -0.15) is 0 Å². The molecule has 1 rings (SSSR count). The second-order valence-electron chi connectivity index (χ2n) is 3.71. The van der Waals surface area contributed by atoms with Crippen molar-refractivity contribution in [3.05, 3.63) is 11.9 Å². The number of nitrogens with two attached hydrogens (primary N) is 1. The average Bonchev–Trinajstić information content (AvgIpc) is 2.73. The van der Waals surface area contributed by atoms with Gasteiger partial charge in [-0.25, -0.2) is 4.79 Å². The minimum absolute atomic E-state index is 0.124. The van der Waals surface area contributed by atoms with E-state index in [1.165, 1.54) is 10.9 Å². The Hall–Kier alpha value is -1.47. The zero-order valence-electron chi connectivity index (χ0n) is 10.1. The highest BCUT2D eigenvalue weighted by molar-refractivity contribution is 5.86. The number of carbonyl (C=O) groups excluding carboxylic acids is 1. The van der Waals surface area contributed by atoms with Crippen molar-refractivity contribution in [1.29, 1.82) is 0 Å². The van der Waals surface area contributed by atoms with Crippen molar-refractivity contribution in [2.45, 2.75) is 26.5 Å². The molecule has 0 aliphatic rings. The lowest BCUT2D eigenvalue weighted by atomic mass is 10.5. The van der Waals surface area contributed by atoms with Crippen LogP contribution in [0, 0.1) is 0 Å². The second-order valence-corrected chi connectivity index (χ2v) is 3.71. The maximum atomic E-state index is 11.5. The Bertz CT molecular complexity index is 351. The Morgan fingerprint density at radius 2 is 2.29 bits per heavy atom. The minimum atomic E-state index is -0.499. The number of aromatic nitrogens is 3. The molecule has 0 radical (unpaired) electrons. The second kappa shape index (κ2) is 6.97. The largest absolute Gasteiger partial charge is 0.458 e. The molecule has 1 heterocycles. The number of hydrogen-bond acceptors (Lipinski definition) is 6. The van der Waals surface area contributed by atoms with Crippen LogP contribution in [0.1, 0.15) is 24.3 Å². The summed E-state index contributed by atoms with van der Waals surface area (Å²) in [5.74, 6) is -0.499. The van der Waals surface area contributed by atoms with Crippen LogP contribution in [-0.2, 0) is 16.0 Å². The molecule has 0 saturated heterocycles. The zero-order chi connectivity index (χ0) is 12.7. The highest BCUT2D eigenvalue weighted by Gasteiger charge is 2.11. The number of carbonyl (C=O) groups is 1. The summed E-state index contributed by atoms with van der Waals surface area (Å²) in [6, 6.07) is 0. The molecule has 0 amide bonds. The van der Waals surface area contributed by atoms with Gasteiger partial charge in [0.1, 0.15) is 6.61 Å². The molecule has 7 nitrogen and oxygen atoms in total. The molecule has 17 heavy (non-hydrogen) atoms. The molecular formula is C10H18N4O3. The maximum Gasteiger partial charge on any atom is 0.360 e. The molecule has 0 aromatic carbocycles. The third-order valence-electron chi connectivity index (χ3n) is 1.87.